The maximum absolute atomic E-state index is 6.02. The molecule has 5 heteroatoms. The van der Waals surface area contributed by atoms with Crippen molar-refractivity contribution in [3.8, 4) is 17.1 Å². The SMILES string of the molecule is COc1cc(Cl)ccc1-c1nc(=S)cc(C2CCCC2)[nH]1. The molecule has 3 nitrogen and oxygen atoms in total. The number of aromatic amines is 1. The molecule has 2 aromatic rings. The van der Waals surface area contributed by atoms with Crippen LogP contribution in [0.4, 0.5) is 0 Å². The Morgan fingerprint density at radius 1 is 1.29 bits per heavy atom. The number of H-pyrrole nitrogens is 1. The summed E-state index contributed by atoms with van der Waals surface area (Å²) >= 11 is 11.3. The molecule has 0 unspecified atom stereocenters. The highest BCUT2D eigenvalue weighted by Crippen LogP contribution is 2.35. The topological polar surface area (TPSA) is 37.9 Å². The summed E-state index contributed by atoms with van der Waals surface area (Å²) in [4.78, 5) is 7.89. The number of ether oxygens (including phenoxy) is 1. The average molecular weight is 321 g/mol. The van der Waals surface area contributed by atoms with Gasteiger partial charge >= 0.3 is 0 Å². The van der Waals surface area contributed by atoms with E-state index in [1.54, 1.807) is 13.2 Å². The van der Waals surface area contributed by atoms with Crippen LogP contribution in [0.15, 0.2) is 24.3 Å². The van der Waals surface area contributed by atoms with Gasteiger partial charge in [-0.2, -0.15) is 0 Å². The zero-order chi connectivity index (χ0) is 14.8. The van der Waals surface area contributed by atoms with Crippen LogP contribution in [-0.4, -0.2) is 17.1 Å². The van der Waals surface area contributed by atoms with Gasteiger partial charge in [-0.3, -0.25) is 0 Å². The standard InChI is InChI=1S/C16H17ClN2OS/c1-20-14-8-11(17)6-7-12(14)16-18-13(9-15(21)19-16)10-4-2-3-5-10/h6-10H,2-5H2,1H3,(H,18,19,21). The molecular formula is C16H17ClN2OS. The molecule has 0 atom stereocenters. The van der Waals surface area contributed by atoms with Crippen molar-refractivity contribution in [3.63, 3.8) is 0 Å². The predicted molar refractivity (Wildman–Crippen MR) is 87.6 cm³/mol. The quantitative estimate of drug-likeness (QED) is 0.797. The van der Waals surface area contributed by atoms with Gasteiger partial charge in [0.25, 0.3) is 0 Å². The van der Waals surface area contributed by atoms with Crippen LogP contribution >= 0.6 is 23.8 Å². The third kappa shape index (κ3) is 3.11. The molecular weight excluding hydrogens is 304 g/mol. The normalized spacial score (nSPS) is 15.3. The average Bonchev–Trinajstić information content (AvgIpc) is 3.00. The summed E-state index contributed by atoms with van der Waals surface area (Å²) in [7, 11) is 1.63. The molecule has 0 spiro atoms. The Morgan fingerprint density at radius 2 is 2.05 bits per heavy atom. The van der Waals surface area contributed by atoms with Crippen molar-refractivity contribution >= 4 is 23.8 Å². The Morgan fingerprint density at radius 3 is 2.76 bits per heavy atom. The molecule has 1 N–H and O–H groups in total. The monoisotopic (exact) mass is 320 g/mol. The zero-order valence-corrected chi connectivity index (χ0v) is 13.4. The van der Waals surface area contributed by atoms with Crippen LogP contribution in [-0.2, 0) is 0 Å². The lowest BCUT2D eigenvalue weighted by Crippen LogP contribution is -2.01. The van der Waals surface area contributed by atoms with E-state index in [9.17, 15) is 0 Å². The molecule has 110 valence electrons. The Hall–Kier alpha value is -1.39. The second-order valence-electron chi connectivity index (χ2n) is 5.35. The lowest BCUT2D eigenvalue weighted by molar-refractivity contribution is 0.416. The van der Waals surface area contributed by atoms with Crippen molar-refractivity contribution in [2.75, 3.05) is 7.11 Å². The molecule has 1 saturated carbocycles. The Labute approximate surface area is 134 Å². The third-order valence-corrected chi connectivity index (χ3v) is 4.42. The van der Waals surface area contributed by atoms with Crippen LogP contribution < -0.4 is 4.74 Å². The van der Waals surface area contributed by atoms with Crippen molar-refractivity contribution in [2.45, 2.75) is 31.6 Å². The van der Waals surface area contributed by atoms with Crippen molar-refractivity contribution in [1.29, 1.82) is 0 Å². The highest BCUT2D eigenvalue weighted by molar-refractivity contribution is 7.71. The zero-order valence-electron chi connectivity index (χ0n) is 11.9. The molecule has 1 aromatic carbocycles. The molecule has 0 radical (unpaired) electrons. The summed E-state index contributed by atoms with van der Waals surface area (Å²) in [6.07, 6.45) is 5.00. The third-order valence-electron chi connectivity index (χ3n) is 3.98. The molecule has 0 amide bonds. The number of nitrogens with one attached hydrogen (secondary N) is 1. The molecule has 21 heavy (non-hydrogen) atoms. The highest BCUT2D eigenvalue weighted by Gasteiger charge is 2.19. The van der Waals surface area contributed by atoms with Gasteiger partial charge in [0.05, 0.1) is 12.7 Å². The molecule has 1 heterocycles. The molecule has 1 aliphatic rings. The van der Waals surface area contributed by atoms with Gasteiger partial charge in [0.2, 0.25) is 0 Å². The van der Waals surface area contributed by atoms with Gasteiger partial charge in [0.15, 0.2) is 0 Å². The maximum atomic E-state index is 6.02. The van der Waals surface area contributed by atoms with Gasteiger partial charge < -0.3 is 9.72 Å². The molecule has 1 aromatic heterocycles. The summed E-state index contributed by atoms with van der Waals surface area (Å²) in [5.74, 6) is 2.01. The first-order chi connectivity index (χ1) is 10.2. The van der Waals surface area contributed by atoms with Gasteiger partial charge in [0, 0.05) is 10.7 Å². The molecule has 3 rings (SSSR count). The lowest BCUT2D eigenvalue weighted by atomic mass is 10.0. The molecule has 0 aliphatic heterocycles. The fraction of sp³-hybridized carbons (Fsp3) is 0.375. The minimum atomic E-state index is 0.562. The first-order valence-corrected chi connectivity index (χ1v) is 7.91. The number of rotatable bonds is 3. The van der Waals surface area contributed by atoms with Crippen LogP contribution in [0.2, 0.25) is 5.02 Å². The smallest absolute Gasteiger partial charge is 0.142 e. The lowest BCUT2D eigenvalue weighted by Gasteiger charge is -2.13. The Balaban J connectivity index is 2.08. The molecule has 0 bridgehead atoms. The number of aromatic nitrogens is 2. The molecule has 0 saturated heterocycles. The largest absolute Gasteiger partial charge is 0.496 e. The number of halogens is 1. The summed E-state index contributed by atoms with van der Waals surface area (Å²) in [6.45, 7) is 0. The van der Waals surface area contributed by atoms with E-state index in [0.29, 0.717) is 21.3 Å². The Bertz CT molecular complexity index is 708. The van der Waals surface area contributed by atoms with Gasteiger partial charge in [-0.25, -0.2) is 4.98 Å². The fourth-order valence-corrected chi connectivity index (χ4v) is 3.30. The summed E-state index contributed by atoms with van der Waals surface area (Å²) in [5.41, 5.74) is 2.06. The van der Waals surface area contributed by atoms with E-state index in [2.05, 4.69) is 9.97 Å². The minimum Gasteiger partial charge on any atom is -0.496 e. The minimum absolute atomic E-state index is 0.562. The fourth-order valence-electron chi connectivity index (χ4n) is 2.92. The predicted octanol–water partition coefficient (Wildman–Crippen LogP) is 5.13. The van der Waals surface area contributed by atoms with Crippen LogP contribution in [0, 0.1) is 4.64 Å². The molecule has 1 fully saturated rings. The second-order valence-corrected chi connectivity index (χ2v) is 6.20. The summed E-state index contributed by atoms with van der Waals surface area (Å²) < 4.78 is 6.02. The number of hydrogen-bond donors (Lipinski definition) is 1. The van der Waals surface area contributed by atoms with Gasteiger partial charge in [0.1, 0.15) is 16.2 Å². The Kier molecular flexibility index (Phi) is 4.27. The van der Waals surface area contributed by atoms with E-state index in [-0.39, 0.29) is 0 Å². The second kappa shape index (κ2) is 6.16. The first-order valence-electron chi connectivity index (χ1n) is 7.12. The number of benzene rings is 1. The van der Waals surface area contributed by atoms with Crippen molar-refractivity contribution in [1.82, 2.24) is 9.97 Å². The van der Waals surface area contributed by atoms with Crippen molar-refractivity contribution < 1.29 is 4.74 Å². The number of hydrogen-bond acceptors (Lipinski definition) is 3. The first kappa shape index (κ1) is 14.5. The van der Waals surface area contributed by atoms with Gasteiger partial charge in [-0.15, -0.1) is 0 Å². The van der Waals surface area contributed by atoms with E-state index in [1.807, 2.05) is 18.2 Å². The van der Waals surface area contributed by atoms with Gasteiger partial charge in [-0.05, 0) is 43.0 Å². The summed E-state index contributed by atoms with van der Waals surface area (Å²) in [6, 6.07) is 7.52. The van der Waals surface area contributed by atoms with Crippen molar-refractivity contribution in [3.05, 3.63) is 39.6 Å². The van der Waals surface area contributed by atoms with E-state index in [1.165, 1.54) is 31.4 Å². The number of methoxy groups -OCH3 is 1. The molecule has 1 aliphatic carbocycles. The van der Waals surface area contributed by atoms with Gasteiger partial charge in [-0.1, -0.05) is 36.7 Å². The maximum Gasteiger partial charge on any atom is 0.142 e. The van der Waals surface area contributed by atoms with E-state index in [4.69, 9.17) is 28.6 Å². The number of nitrogens with zero attached hydrogens (tertiary/aromatic N) is 1. The highest BCUT2D eigenvalue weighted by atomic mass is 35.5. The van der Waals surface area contributed by atoms with E-state index < -0.39 is 0 Å². The van der Waals surface area contributed by atoms with Crippen LogP contribution in [0.25, 0.3) is 11.4 Å². The summed E-state index contributed by atoms with van der Waals surface area (Å²) in [5, 5.41) is 0.640. The van der Waals surface area contributed by atoms with E-state index >= 15 is 0 Å². The van der Waals surface area contributed by atoms with Crippen LogP contribution in [0.5, 0.6) is 5.75 Å². The van der Waals surface area contributed by atoms with Crippen LogP contribution in [0.1, 0.15) is 37.3 Å². The van der Waals surface area contributed by atoms with Crippen LogP contribution in [0.3, 0.4) is 0 Å². The van der Waals surface area contributed by atoms with E-state index in [0.717, 1.165) is 11.4 Å². The van der Waals surface area contributed by atoms with Crippen molar-refractivity contribution in [2.24, 2.45) is 0 Å².